The molecule has 1 N–H and O–H groups in total. The van der Waals surface area contributed by atoms with E-state index >= 15 is 0 Å². The van der Waals surface area contributed by atoms with Gasteiger partial charge in [0, 0.05) is 23.9 Å². The van der Waals surface area contributed by atoms with Gasteiger partial charge in [-0.2, -0.15) is 0 Å². The van der Waals surface area contributed by atoms with E-state index in [-0.39, 0.29) is 0 Å². The summed E-state index contributed by atoms with van der Waals surface area (Å²) in [6.07, 6.45) is 2.70. The van der Waals surface area contributed by atoms with Crippen molar-refractivity contribution >= 4 is 12.2 Å². The van der Waals surface area contributed by atoms with Gasteiger partial charge in [0.15, 0.2) is 5.82 Å². The van der Waals surface area contributed by atoms with E-state index in [1.165, 1.54) is 0 Å². The highest BCUT2D eigenvalue weighted by molar-refractivity contribution is 7.71. The van der Waals surface area contributed by atoms with Crippen molar-refractivity contribution in [2.45, 2.75) is 26.9 Å². The first kappa shape index (κ1) is 12.4. The lowest BCUT2D eigenvalue weighted by Gasteiger charge is -2.17. The maximum absolute atomic E-state index is 5.42. The molecule has 0 radical (unpaired) electrons. The molecule has 0 aliphatic carbocycles. The number of pyridine rings is 1. The lowest BCUT2D eigenvalue weighted by Crippen LogP contribution is -2.14. The van der Waals surface area contributed by atoms with Crippen LogP contribution < -0.4 is 0 Å². The molecule has 19 heavy (non-hydrogen) atoms. The minimum absolute atomic E-state index is 0.554. The monoisotopic (exact) mass is 273 g/mol. The molecule has 2 aromatic heterocycles. The number of nitrogens with one attached hydrogen (secondary N) is 1. The molecule has 4 nitrogen and oxygen atoms in total. The number of rotatable bonds is 1. The van der Waals surface area contributed by atoms with Gasteiger partial charge in [-0.1, -0.05) is 18.3 Å². The normalized spacial score (nSPS) is 14.2. The van der Waals surface area contributed by atoms with Crippen molar-refractivity contribution in [3.05, 3.63) is 39.3 Å². The second kappa shape index (κ2) is 4.83. The Morgan fingerprint density at radius 3 is 3.00 bits per heavy atom. The molecule has 98 valence electrons. The Morgan fingerprint density at radius 1 is 1.37 bits per heavy atom. The lowest BCUT2D eigenvalue weighted by molar-refractivity contribution is 0.108. The molecule has 0 bridgehead atoms. The van der Waals surface area contributed by atoms with Gasteiger partial charge >= 0.3 is 0 Å². The summed E-state index contributed by atoms with van der Waals surface area (Å²) < 4.78 is 6.04. The quantitative estimate of drug-likeness (QED) is 0.812. The van der Waals surface area contributed by atoms with E-state index < -0.39 is 0 Å². The first-order valence-electron chi connectivity index (χ1n) is 6.28. The van der Waals surface area contributed by atoms with E-state index in [2.05, 4.69) is 21.0 Å². The minimum Gasteiger partial charge on any atom is -0.376 e. The van der Waals surface area contributed by atoms with Crippen LogP contribution in [-0.4, -0.2) is 21.6 Å². The number of aromatic nitrogens is 3. The Balaban J connectivity index is 2.15. The molecule has 0 atom stereocenters. The summed E-state index contributed by atoms with van der Waals surface area (Å²) in [6, 6.07) is 2.10. The molecule has 1 aliphatic rings. The van der Waals surface area contributed by atoms with Crippen LogP contribution in [0.4, 0.5) is 0 Å². The summed E-state index contributed by atoms with van der Waals surface area (Å²) in [4.78, 5) is 12.3. The van der Waals surface area contributed by atoms with Crippen LogP contribution in [-0.2, 0) is 17.8 Å². The Bertz CT molecular complexity index is 694. The molecule has 0 aromatic carbocycles. The van der Waals surface area contributed by atoms with Crippen molar-refractivity contribution in [3.63, 3.8) is 0 Å². The fourth-order valence-corrected chi connectivity index (χ4v) is 2.60. The summed E-state index contributed by atoms with van der Waals surface area (Å²) in [5, 5.41) is 0. The molecule has 0 fully saturated rings. The number of ether oxygens (including phenoxy) is 1. The van der Waals surface area contributed by atoms with Crippen LogP contribution in [0.25, 0.3) is 11.5 Å². The highest BCUT2D eigenvalue weighted by Crippen LogP contribution is 2.22. The van der Waals surface area contributed by atoms with Gasteiger partial charge in [0.1, 0.15) is 10.3 Å². The third-order valence-corrected chi connectivity index (χ3v) is 3.62. The smallest absolute Gasteiger partial charge is 0.158 e. The maximum atomic E-state index is 5.42. The second-order valence-corrected chi connectivity index (χ2v) is 5.22. The maximum Gasteiger partial charge on any atom is 0.158 e. The number of aromatic amines is 1. The number of nitrogens with zero attached hydrogens (tertiary/aromatic N) is 2. The van der Waals surface area contributed by atoms with E-state index in [4.69, 9.17) is 17.0 Å². The van der Waals surface area contributed by atoms with Crippen LogP contribution in [0, 0.1) is 18.5 Å². The Labute approximate surface area is 116 Å². The first-order valence-corrected chi connectivity index (χ1v) is 6.69. The number of hydrogen-bond donors (Lipinski definition) is 1. The number of aryl methyl sites for hydroxylation is 2. The third kappa shape index (κ3) is 2.31. The topological polar surface area (TPSA) is 50.8 Å². The summed E-state index contributed by atoms with van der Waals surface area (Å²) in [6.45, 7) is 5.35. The molecule has 3 heterocycles. The van der Waals surface area contributed by atoms with Crippen LogP contribution >= 0.6 is 12.2 Å². The number of H-pyrrole nitrogens is 1. The Morgan fingerprint density at radius 2 is 2.21 bits per heavy atom. The lowest BCUT2D eigenvalue weighted by atomic mass is 10.1. The van der Waals surface area contributed by atoms with Crippen LogP contribution in [0.15, 0.2) is 12.3 Å². The van der Waals surface area contributed by atoms with Crippen LogP contribution in [0.2, 0.25) is 0 Å². The molecule has 0 saturated carbocycles. The van der Waals surface area contributed by atoms with Gasteiger partial charge in [0.2, 0.25) is 0 Å². The van der Waals surface area contributed by atoms with Crippen LogP contribution in [0.1, 0.15) is 22.4 Å². The average Bonchev–Trinajstić information content (AvgIpc) is 2.38. The number of hydrogen-bond acceptors (Lipinski definition) is 4. The molecule has 0 spiro atoms. The fraction of sp³-hybridized carbons (Fsp3) is 0.357. The average molecular weight is 273 g/mol. The summed E-state index contributed by atoms with van der Waals surface area (Å²) >= 11 is 5.36. The van der Waals surface area contributed by atoms with Crippen LogP contribution in [0.3, 0.4) is 0 Å². The summed E-state index contributed by atoms with van der Waals surface area (Å²) in [5.41, 5.74) is 5.25. The zero-order valence-electron chi connectivity index (χ0n) is 11.0. The first-order chi connectivity index (χ1) is 9.15. The van der Waals surface area contributed by atoms with Crippen molar-refractivity contribution in [1.82, 2.24) is 15.0 Å². The highest BCUT2D eigenvalue weighted by Gasteiger charge is 2.15. The van der Waals surface area contributed by atoms with Gasteiger partial charge in [0.25, 0.3) is 0 Å². The second-order valence-electron chi connectivity index (χ2n) is 4.83. The number of fused-ring (bicyclic) bond motifs is 1. The van der Waals surface area contributed by atoms with E-state index in [0.717, 1.165) is 46.9 Å². The SMILES string of the molecule is Cc1cnc(-c2nc(=S)c3c([nH]2)CCOC3)c(C)c1. The molecule has 1 aliphatic heterocycles. The van der Waals surface area contributed by atoms with Crippen molar-refractivity contribution in [3.8, 4) is 11.5 Å². The molecule has 0 saturated heterocycles. The Hall–Kier alpha value is -1.59. The Kier molecular flexibility index (Phi) is 3.16. The highest BCUT2D eigenvalue weighted by atomic mass is 32.1. The van der Waals surface area contributed by atoms with E-state index in [0.29, 0.717) is 11.2 Å². The van der Waals surface area contributed by atoms with Gasteiger partial charge in [-0.25, -0.2) is 4.98 Å². The molecule has 0 unspecified atom stereocenters. The summed E-state index contributed by atoms with van der Waals surface area (Å²) in [5.74, 6) is 0.753. The standard InChI is InChI=1S/C14H15N3OS/c1-8-5-9(2)12(15-6-8)13-16-11-3-4-18-7-10(11)14(19)17-13/h5-6H,3-4,7H2,1-2H3,(H,16,17,19). The van der Waals surface area contributed by atoms with Gasteiger partial charge < -0.3 is 9.72 Å². The van der Waals surface area contributed by atoms with Gasteiger partial charge in [-0.15, -0.1) is 0 Å². The predicted molar refractivity (Wildman–Crippen MR) is 75.5 cm³/mol. The largest absolute Gasteiger partial charge is 0.376 e. The van der Waals surface area contributed by atoms with Crippen molar-refractivity contribution in [1.29, 1.82) is 0 Å². The zero-order valence-corrected chi connectivity index (χ0v) is 11.8. The van der Waals surface area contributed by atoms with Gasteiger partial charge in [-0.3, -0.25) is 4.98 Å². The molecule has 2 aromatic rings. The minimum atomic E-state index is 0.554. The molecular weight excluding hydrogens is 258 g/mol. The van der Waals surface area contributed by atoms with E-state index in [9.17, 15) is 0 Å². The van der Waals surface area contributed by atoms with Crippen molar-refractivity contribution in [2.75, 3.05) is 6.61 Å². The zero-order chi connectivity index (χ0) is 13.4. The fourth-order valence-electron chi connectivity index (χ4n) is 2.33. The van der Waals surface area contributed by atoms with Crippen molar-refractivity contribution in [2.24, 2.45) is 0 Å². The molecule has 0 amide bonds. The summed E-state index contributed by atoms with van der Waals surface area (Å²) in [7, 11) is 0. The van der Waals surface area contributed by atoms with Crippen LogP contribution in [0.5, 0.6) is 0 Å². The molecule has 5 heteroatoms. The van der Waals surface area contributed by atoms with E-state index in [1.807, 2.05) is 20.0 Å². The third-order valence-electron chi connectivity index (χ3n) is 3.29. The molecule has 3 rings (SSSR count). The predicted octanol–water partition coefficient (Wildman–Crippen LogP) is 2.89. The molecular formula is C14H15N3OS. The van der Waals surface area contributed by atoms with Gasteiger partial charge in [-0.05, 0) is 25.0 Å². The van der Waals surface area contributed by atoms with Gasteiger partial charge in [0.05, 0.1) is 13.2 Å². The van der Waals surface area contributed by atoms with E-state index in [1.54, 1.807) is 0 Å². The van der Waals surface area contributed by atoms with Crippen molar-refractivity contribution < 1.29 is 4.74 Å².